The summed E-state index contributed by atoms with van der Waals surface area (Å²) in [5, 5.41) is 17.9. The summed E-state index contributed by atoms with van der Waals surface area (Å²) in [5.41, 5.74) is 2.53. The van der Waals surface area contributed by atoms with E-state index in [-0.39, 0.29) is 6.42 Å². The summed E-state index contributed by atoms with van der Waals surface area (Å²) in [6.45, 7) is 1.02. The van der Waals surface area contributed by atoms with Crippen molar-refractivity contribution >= 4 is 11.7 Å². The van der Waals surface area contributed by atoms with Gasteiger partial charge in [0, 0.05) is 18.8 Å². The Balaban J connectivity index is 2.22. The molecule has 1 N–H and O–H groups in total. The molecular weight excluding hydrogens is 264 g/mol. The van der Waals surface area contributed by atoms with Gasteiger partial charge in [-0.15, -0.1) is 0 Å². The van der Waals surface area contributed by atoms with E-state index in [9.17, 15) is 4.79 Å². The zero-order chi connectivity index (χ0) is 15.1. The van der Waals surface area contributed by atoms with Gasteiger partial charge in [-0.1, -0.05) is 36.4 Å². The monoisotopic (exact) mass is 280 g/mol. The van der Waals surface area contributed by atoms with Crippen molar-refractivity contribution in [1.29, 1.82) is 5.26 Å². The molecule has 0 aliphatic rings. The van der Waals surface area contributed by atoms with Gasteiger partial charge in [0.1, 0.15) is 0 Å². The third-order valence-electron chi connectivity index (χ3n) is 3.15. The molecule has 0 heterocycles. The van der Waals surface area contributed by atoms with Crippen molar-refractivity contribution in [2.45, 2.75) is 13.0 Å². The first kappa shape index (κ1) is 14.6. The quantitative estimate of drug-likeness (QED) is 0.883. The van der Waals surface area contributed by atoms with Crippen molar-refractivity contribution in [2.75, 3.05) is 11.4 Å². The SMILES string of the molecule is N#Cc1cccc(N(CCC(=O)O)Cc2ccccc2)c1. The Hall–Kier alpha value is -2.80. The maximum absolute atomic E-state index is 10.8. The molecule has 2 rings (SSSR count). The molecule has 0 saturated carbocycles. The van der Waals surface area contributed by atoms with Crippen molar-refractivity contribution in [2.24, 2.45) is 0 Å². The number of nitriles is 1. The molecule has 2 aromatic rings. The van der Waals surface area contributed by atoms with E-state index < -0.39 is 5.97 Å². The van der Waals surface area contributed by atoms with E-state index in [1.807, 2.05) is 47.4 Å². The van der Waals surface area contributed by atoms with Crippen LogP contribution in [0.4, 0.5) is 5.69 Å². The smallest absolute Gasteiger partial charge is 0.305 e. The molecule has 4 heteroatoms. The number of nitrogens with zero attached hydrogens (tertiary/aromatic N) is 2. The maximum Gasteiger partial charge on any atom is 0.305 e. The lowest BCUT2D eigenvalue weighted by Gasteiger charge is -2.24. The second-order valence-corrected chi connectivity index (χ2v) is 4.71. The number of anilines is 1. The van der Waals surface area contributed by atoms with E-state index in [1.54, 1.807) is 12.1 Å². The van der Waals surface area contributed by atoms with Crippen LogP contribution in [0.25, 0.3) is 0 Å². The molecule has 0 amide bonds. The highest BCUT2D eigenvalue weighted by molar-refractivity contribution is 5.67. The summed E-state index contributed by atoms with van der Waals surface area (Å²) in [4.78, 5) is 12.8. The zero-order valence-electron chi connectivity index (χ0n) is 11.6. The number of carboxylic acids is 1. The molecule has 0 aliphatic carbocycles. The molecule has 4 nitrogen and oxygen atoms in total. The molecule has 106 valence electrons. The van der Waals surface area contributed by atoms with Crippen LogP contribution >= 0.6 is 0 Å². The summed E-state index contributed by atoms with van der Waals surface area (Å²) in [6, 6.07) is 19.2. The molecule has 0 aliphatic heterocycles. The lowest BCUT2D eigenvalue weighted by molar-refractivity contribution is -0.136. The number of carboxylic acid groups (broad SMARTS) is 1. The summed E-state index contributed by atoms with van der Waals surface area (Å²) in [5.74, 6) is -0.829. The predicted octanol–water partition coefficient (Wildman–Crippen LogP) is 3.04. The van der Waals surface area contributed by atoms with Crippen molar-refractivity contribution in [3.05, 3.63) is 65.7 Å². The molecule has 0 unspecified atom stereocenters. The van der Waals surface area contributed by atoms with Crippen LogP contribution in [0.2, 0.25) is 0 Å². The van der Waals surface area contributed by atoms with E-state index in [4.69, 9.17) is 10.4 Å². The molecule has 0 spiro atoms. The van der Waals surface area contributed by atoms with Gasteiger partial charge in [-0.25, -0.2) is 0 Å². The minimum absolute atomic E-state index is 0.0591. The van der Waals surface area contributed by atoms with Gasteiger partial charge in [-0.2, -0.15) is 5.26 Å². The molecular formula is C17H16N2O2. The zero-order valence-corrected chi connectivity index (χ0v) is 11.6. The number of carbonyl (C=O) groups is 1. The van der Waals surface area contributed by atoms with Gasteiger partial charge in [-0.3, -0.25) is 4.79 Å². The first-order valence-corrected chi connectivity index (χ1v) is 6.70. The van der Waals surface area contributed by atoms with Gasteiger partial charge >= 0.3 is 5.97 Å². The lowest BCUT2D eigenvalue weighted by Crippen LogP contribution is -2.25. The van der Waals surface area contributed by atoms with Gasteiger partial charge in [0.05, 0.1) is 18.1 Å². The minimum atomic E-state index is -0.829. The first-order chi connectivity index (χ1) is 10.2. The topological polar surface area (TPSA) is 64.3 Å². The van der Waals surface area contributed by atoms with E-state index in [2.05, 4.69) is 6.07 Å². The van der Waals surface area contributed by atoms with Crippen LogP contribution in [-0.2, 0) is 11.3 Å². The standard InChI is InChI=1S/C17H16N2O2/c18-12-15-7-4-8-16(11-15)19(10-9-17(20)21)13-14-5-2-1-3-6-14/h1-8,11H,9-10,13H2,(H,20,21). The third kappa shape index (κ3) is 4.36. The van der Waals surface area contributed by atoms with Crippen LogP contribution in [-0.4, -0.2) is 17.6 Å². The normalized spacial score (nSPS) is 9.86. The number of hydrogen-bond acceptors (Lipinski definition) is 3. The van der Waals surface area contributed by atoms with Gasteiger partial charge in [0.25, 0.3) is 0 Å². The summed E-state index contributed by atoms with van der Waals surface area (Å²) >= 11 is 0. The fourth-order valence-corrected chi connectivity index (χ4v) is 2.11. The minimum Gasteiger partial charge on any atom is -0.481 e. The van der Waals surface area contributed by atoms with Crippen LogP contribution in [0.15, 0.2) is 54.6 Å². The highest BCUT2D eigenvalue weighted by Crippen LogP contribution is 2.19. The van der Waals surface area contributed by atoms with E-state index in [1.165, 1.54) is 0 Å². The van der Waals surface area contributed by atoms with Gasteiger partial charge in [0.15, 0.2) is 0 Å². The maximum atomic E-state index is 10.8. The van der Waals surface area contributed by atoms with E-state index in [0.29, 0.717) is 18.7 Å². The van der Waals surface area contributed by atoms with Crippen molar-refractivity contribution in [1.82, 2.24) is 0 Å². The fourth-order valence-electron chi connectivity index (χ4n) is 2.11. The Morgan fingerprint density at radius 1 is 1.14 bits per heavy atom. The Kier molecular flexibility index (Phi) is 4.94. The molecule has 2 aromatic carbocycles. The lowest BCUT2D eigenvalue weighted by atomic mass is 10.1. The second-order valence-electron chi connectivity index (χ2n) is 4.71. The third-order valence-corrected chi connectivity index (χ3v) is 3.15. The van der Waals surface area contributed by atoms with Crippen molar-refractivity contribution in [3.63, 3.8) is 0 Å². The predicted molar refractivity (Wildman–Crippen MR) is 80.9 cm³/mol. The number of aliphatic carboxylic acids is 1. The van der Waals surface area contributed by atoms with Gasteiger partial charge < -0.3 is 10.0 Å². The first-order valence-electron chi connectivity index (χ1n) is 6.70. The van der Waals surface area contributed by atoms with Crippen LogP contribution in [0.3, 0.4) is 0 Å². The Labute approximate surface area is 123 Å². The summed E-state index contributed by atoms with van der Waals surface area (Å²) in [7, 11) is 0. The Morgan fingerprint density at radius 3 is 2.57 bits per heavy atom. The number of hydrogen-bond donors (Lipinski definition) is 1. The van der Waals surface area contributed by atoms with Crippen molar-refractivity contribution in [3.8, 4) is 6.07 Å². The second kappa shape index (κ2) is 7.11. The van der Waals surface area contributed by atoms with E-state index >= 15 is 0 Å². The average Bonchev–Trinajstić information content (AvgIpc) is 2.52. The summed E-state index contributed by atoms with van der Waals surface area (Å²) < 4.78 is 0. The Bertz CT molecular complexity index is 647. The van der Waals surface area contributed by atoms with Gasteiger partial charge in [-0.05, 0) is 23.8 Å². The highest BCUT2D eigenvalue weighted by Gasteiger charge is 2.10. The molecule has 0 aromatic heterocycles. The Morgan fingerprint density at radius 2 is 1.90 bits per heavy atom. The number of rotatable bonds is 6. The summed E-state index contributed by atoms with van der Waals surface area (Å²) in [6.07, 6.45) is 0.0591. The average molecular weight is 280 g/mol. The van der Waals surface area contributed by atoms with Crippen LogP contribution in [0, 0.1) is 11.3 Å². The largest absolute Gasteiger partial charge is 0.481 e. The van der Waals surface area contributed by atoms with E-state index in [0.717, 1.165) is 11.3 Å². The molecule has 0 saturated heterocycles. The molecule has 0 atom stereocenters. The number of benzene rings is 2. The molecule has 0 radical (unpaired) electrons. The van der Waals surface area contributed by atoms with Crippen LogP contribution in [0.1, 0.15) is 17.5 Å². The molecule has 0 fully saturated rings. The molecule has 21 heavy (non-hydrogen) atoms. The van der Waals surface area contributed by atoms with Crippen LogP contribution < -0.4 is 4.90 Å². The van der Waals surface area contributed by atoms with Gasteiger partial charge in [0.2, 0.25) is 0 Å². The van der Waals surface area contributed by atoms with Crippen molar-refractivity contribution < 1.29 is 9.90 Å². The highest BCUT2D eigenvalue weighted by atomic mass is 16.4. The van der Waals surface area contributed by atoms with Crippen LogP contribution in [0.5, 0.6) is 0 Å². The molecule has 0 bridgehead atoms. The fraction of sp³-hybridized carbons (Fsp3) is 0.176.